The van der Waals surface area contributed by atoms with Crippen LogP contribution in [0.25, 0.3) is 0 Å². The predicted molar refractivity (Wildman–Crippen MR) is 71.4 cm³/mol. The van der Waals surface area contributed by atoms with Gasteiger partial charge in [0, 0.05) is 31.2 Å². The minimum atomic E-state index is 0.795. The smallest absolute Gasteiger partial charge is 0.207 e. The van der Waals surface area contributed by atoms with Crippen LogP contribution in [0.2, 0.25) is 0 Å². The molecule has 2 aliphatic carbocycles. The number of hydrogen-bond acceptors (Lipinski definition) is 3. The van der Waals surface area contributed by atoms with Crippen LogP contribution in [0.1, 0.15) is 38.5 Å². The van der Waals surface area contributed by atoms with E-state index >= 15 is 0 Å². The first-order valence-electron chi connectivity index (χ1n) is 7.55. The predicted octanol–water partition coefficient (Wildman–Crippen LogP) is 0.824. The number of carbonyl (C=O) groups is 1. The van der Waals surface area contributed by atoms with Crippen LogP contribution in [0, 0.1) is 0 Å². The molecule has 1 aliphatic heterocycles. The summed E-state index contributed by atoms with van der Waals surface area (Å²) in [7, 11) is 0. The van der Waals surface area contributed by atoms with E-state index < -0.39 is 0 Å². The van der Waals surface area contributed by atoms with Gasteiger partial charge >= 0.3 is 0 Å². The minimum Gasteiger partial charge on any atom is -0.357 e. The fourth-order valence-corrected chi connectivity index (χ4v) is 3.36. The zero-order valence-corrected chi connectivity index (χ0v) is 11.2. The van der Waals surface area contributed by atoms with Gasteiger partial charge in [-0.15, -0.1) is 0 Å². The molecule has 1 amide bonds. The summed E-state index contributed by atoms with van der Waals surface area (Å²) in [5.74, 6) is 0. The van der Waals surface area contributed by atoms with Crippen molar-refractivity contribution in [3.05, 3.63) is 0 Å². The third-order valence-corrected chi connectivity index (χ3v) is 4.57. The van der Waals surface area contributed by atoms with Crippen LogP contribution in [0.4, 0.5) is 0 Å². The molecule has 18 heavy (non-hydrogen) atoms. The summed E-state index contributed by atoms with van der Waals surface area (Å²) in [6, 6.07) is 2.72. The molecule has 0 aromatic heterocycles. The highest BCUT2D eigenvalue weighted by Gasteiger charge is 2.43. The first kappa shape index (κ1) is 12.4. The van der Waals surface area contributed by atoms with Gasteiger partial charge in [0.15, 0.2) is 0 Å². The largest absolute Gasteiger partial charge is 0.357 e. The topological polar surface area (TPSA) is 35.6 Å². The number of piperidine rings is 1. The van der Waals surface area contributed by atoms with Crippen LogP contribution >= 0.6 is 0 Å². The standard InChI is InChI=1S/C14H25N3O/c18-11-15-7-10-16-8-5-14(6-9-16)17(12-1-2-12)13-3-4-13/h11-14H,1-10H2,(H,15,18). The van der Waals surface area contributed by atoms with Gasteiger partial charge in [0.2, 0.25) is 6.41 Å². The van der Waals surface area contributed by atoms with Crippen molar-refractivity contribution >= 4 is 6.41 Å². The number of likely N-dealkylation sites (tertiary alicyclic amines) is 1. The lowest BCUT2D eigenvalue weighted by molar-refractivity contribution is -0.109. The van der Waals surface area contributed by atoms with Crippen molar-refractivity contribution in [1.82, 2.24) is 15.1 Å². The Morgan fingerprint density at radius 3 is 2.06 bits per heavy atom. The summed E-state index contributed by atoms with van der Waals surface area (Å²) >= 11 is 0. The molecule has 2 saturated carbocycles. The molecule has 0 aromatic rings. The van der Waals surface area contributed by atoms with Crippen molar-refractivity contribution in [2.75, 3.05) is 26.2 Å². The van der Waals surface area contributed by atoms with E-state index in [4.69, 9.17) is 0 Å². The molecule has 1 saturated heterocycles. The van der Waals surface area contributed by atoms with Crippen molar-refractivity contribution in [3.63, 3.8) is 0 Å². The average Bonchev–Trinajstić information content (AvgIpc) is 3.26. The molecule has 0 radical (unpaired) electrons. The van der Waals surface area contributed by atoms with E-state index in [-0.39, 0.29) is 0 Å². The molecule has 0 spiro atoms. The maximum Gasteiger partial charge on any atom is 0.207 e. The highest BCUT2D eigenvalue weighted by atomic mass is 16.1. The Morgan fingerprint density at radius 2 is 1.56 bits per heavy atom. The van der Waals surface area contributed by atoms with Crippen molar-refractivity contribution < 1.29 is 4.79 Å². The first-order valence-corrected chi connectivity index (χ1v) is 7.55. The van der Waals surface area contributed by atoms with Crippen LogP contribution < -0.4 is 5.32 Å². The van der Waals surface area contributed by atoms with Gasteiger partial charge < -0.3 is 10.2 Å². The molecular weight excluding hydrogens is 226 g/mol. The number of carbonyl (C=O) groups excluding carboxylic acids is 1. The molecule has 3 fully saturated rings. The first-order chi connectivity index (χ1) is 8.88. The third kappa shape index (κ3) is 3.04. The molecule has 0 bridgehead atoms. The van der Waals surface area contributed by atoms with Gasteiger partial charge in [0.1, 0.15) is 0 Å². The zero-order chi connectivity index (χ0) is 12.4. The number of rotatable bonds is 7. The monoisotopic (exact) mass is 251 g/mol. The highest BCUT2D eigenvalue weighted by Crippen LogP contribution is 2.40. The number of hydrogen-bond donors (Lipinski definition) is 1. The second-order valence-corrected chi connectivity index (χ2v) is 6.05. The highest BCUT2D eigenvalue weighted by molar-refractivity contribution is 5.45. The summed E-state index contributed by atoms with van der Waals surface area (Å²) < 4.78 is 0. The Kier molecular flexibility index (Phi) is 3.85. The fraction of sp³-hybridized carbons (Fsp3) is 0.929. The van der Waals surface area contributed by atoms with Gasteiger partial charge in [-0.05, 0) is 51.6 Å². The van der Waals surface area contributed by atoms with Gasteiger partial charge in [0.05, 0.1) is 0 Å². The third-order valence-electron chi connectivity index (χ3n) is 4.57. The van der Waals surface area contributed by atoms with Crippen molar-refractivity contribution in [2.24, 2.45) is 0 Å². The zero-order valence-electron chi connectivity index (χ0n) is 11.2. The SMILES string of the molecule is O=CNCCN1CCC(N(C2CC2)C2CC2)CC1. The molecule has 4 nitrogen and oxygen atoms in total. The molecule has 102 valence electrons. The number of nitrogens with zero attached hydrogens (tertiary/aromatic N) is 2. The maximum absolute atomic E-state index is 10.2. The summed E-state index contributed by atoms with van der Waals surface area (Å²) in [6.07, 6.45) is 9.23. The molecule has 0 aromatic carbocycles. The van der Waals surface area contributed by atoms with Crippen molar-refractivity contribution in [3.8, 4) is 0 Å². The van der Waals surface area contributed by atoms with Gasteiger partial charge in [0.25, 0.3) is 0 Å². The Hall–Kier alpha value is -0.610. The molecule has 3 aliphatic rings. The van der Waals surface area contributed by atoms with Crippen LogP contribution in [0.3, 0.4) is 0 Å². The average molecular weight is 251 g/mol. The van der Waals surface area contributed by atoms with Gasteiger partial charge in [-0.1, -0.05) is 0 Å². The lowest BCUT2D eigenvalue weighted by Crippen LogP contribution is -2.47. The normalized spacial score (nSPS) is 26.5. The minimum absolute atomic E-state index is 0.795. The van der Waals surface area contributed by atoms with Gasteiger partial charge in [-0.25, -0.2) is 0 Å². The van der Waals surface area contributed by atoms with E-state index in [0.29, 0.717) is 0 Å². The molecule has 4 heteroatoms. The molecule has 0 unspecified atom stereocenters. The Labute approximate surface area is 110 Å². The second-order valence-electron chi connectivity index (χ2n) is 6.05. The molecule has 3 rings (SSSR count). The quantitative estimate of drug-likeness (QED) is 0.537. The summed E-state index contributed by atoms with van der Waals surface area (Å²) in [5, 5.41) is 2.75. The number of nitrogens with one attached hydrogen (secondary N) is 1. The van der Waals surface area contributed by atoms with Crippen LogP contribution in [0.5, 0.6) is 0 Å². The summed E-state index contributed by atoms with van der Waals surface area (Å²) in [5.41, 5.74) is 0. The Balaban J connectivity index is 1.42. The van der Waals surface area contributed by atoms with Crippen LogP contribution in [-0.2, 0) is 4.79 Å². The Bertz CT molecular complexity index is 269. The van der Waals surface area contributed by atoms with E-state index in [9.17, 15) is 4.79 Å². The molecule has 0 atom stereocenters. The fourth-order valence-electron chi connectivity index (χ4n) is 3.36. The molecule has 1 N–H and O–H groups in total. The van der Waals surface area contributed by atoms with Crippen molar-refractivity contribution in [1.29, 1.82) is 0 Å². The lowest BCUT2D eigenvalue weighted by atomic mass is 10.0. The van der Waals surface area contributed by atoms with E-state index in [2.05, 4.69) is 15.1 Å². The molecular formula is C14H25N3O. The van der Waals surface area contributed by atoms with E-state index in [0.717, 1.165) is 37.6 Å². The number of amides is 1. The molecule has 1 heterocycles. The van der Waals surface area contributed by atoms with Crippen molar-refractivity contribution in [2.45, 2.75) is 56.7 Å². The lowest BCUT2D eigenvalue weighted by Gasteiger charge is -2.39. The summed E-state index contributed by atoms with van der Waals surface area (Å²) in [4.78, 5) is 15.6. The van der Waals surface area contributed by atoms with Gasteiger partial charge in [-0.3, -0.25) is 9.69 Å². The maximum atomic E-state index is 10.2. The van der Waals surface area contributed by atoms with E-state index in [1.165, 1.54) is 51.6 Å². The summed E-state index contributed by atoms with van der Waals surface area (Å²) in [6.45, 7) is 4.23. The van der Waals surface area contributed by atoms with E-state index in [1.807, 2.05) is 0 Å². The van der Waals surface area contributed by atoms with Crippen LogP contribution in [-0.4, -0.2) is 60.5 Å². The van der Waals surface area contributed by atoms with E-state index in [1.54, 1.807) is 0 Å². The van der Waals surface area contributed by atoms with Gasteiger partial charge in [-0.2, -0.15) is 0 Å². The van der Waals surface area contributed by atoms with Crippen LogP contribution in [0.15, 0.2) is 0 Å². The Morgan fingerprint density at radius 1 is 1.00 bits per heavy atom. The second kappa shape index (κ2) is 5.57.